The number of ether oxygens (including phenoxy) is 1. The van der Waals surface area contributed by atoms with Gasteiger partial charge in [-0.2, -0.15) is 0 Å². The summed E-state index contributed by atoms with van der Waals surface area (Å²) < 4.78 is 6.16. The summed E-state index contributed by atoms with van der Waals surface area (Å²) in [7, 11) is 1.54. The summed E-state index contributed by atoms with van der Waals surface area (Å²) in [5.41, 5.74) is 1.64. The molecule has 1 aliphatic rings. The highest BCUT2D eigenvalue weighted by molar-refractivity contribution is 9.10. The fraction of sp³-hybridized carbons (Fsp3) is 0.222. The van der Waals surface area contributed by atoms with Gasteiger partial charge in [-0.25, -0.2) is 0 Å². The number of halogens is 2. The van der Waals surface area contributed by atoms with Gasteiger partial charge < -0.3 is 15.0 Å². The van der Waals surface area contributed by atoms with Gasteiger partial charge >= 0.3 is 0 Å². The van der Waals surface area contributed by atoms with Gasteiger partial charge in [-0.1, -0.05) is 27.5 Å². The standard InChI is InChI=1S/C18H16BrClN2O3/c1-25-16-10-12(5-7-15(16)22-8-2-3-17(22)23)21-18(24)13-9-11(19)4-6-14(13)20/h4-7,9-10H,2-3,8H2,1H3,(H,21,24). The van der Waals surface area contributed by atoms with Crippen LogP contribution in [0.2, 0.25) is 5.02 Å². The van der Waals surface area contributed by atoms with E-state index in [0.717, 1.165) is 10.9 Å². The molecule has 25 heavy (non-hydrogen) atoms. The summed E-state index contributed by atoms with van der Waals surface area (Å²) >= 11 is 9.42. The number of hydrogen-bond acceptors (Lipinski definition) is 3. The highest BCUT2D eigenvalue weighted by Gasteiger charge is 2.24. The van der Waals surface area contributed by atoms with Crippen LogP contribution in [0.1, 0.15) is 23.2 Å². The van der Waals surface area contributed by atoms with Crippen LogP contribution in [-0.4, -0.2) is 25.5 Å². The molecule has 2 aromatic rings. The van der Waals surface area contributed by atoms with E-state index in [1.165, 1.54) is 7.11 Å². The predicted octanol–water partition coefficient (Wildman–Crippen LogP) is 4.49. The number of benzene rings is 2. The molecule has 2 amide bonds. The highest BCUT2D eigenvalue weighted by Crippen LogP contribution is 2.34. The molecule has 0 aromatic heterocycles. The van der Waals surface area contributed by atoms with Crippen molar-refractivity contribution in [3.63, 3.8) is 0 Å². The summed E-state index contributed by atoms with van der Waals surface area (Å²) in [5, 5.41) is 3.17. The molecule has 3 rings (SSSR count). The number of amides is 2. The van der Waals surface area contributed by atoms with E-state index >= 15 is 0 Å². The molecule has 5 nitrogen and oxygen atoms in total. The van der Waals surface area contributed by atoms with Gasteiger partial charge in [0.25, 0.3) is 5.91 Å². The number of methoxy groups -OCH3 is 1. The van der Waals surface area contributed by atoms with Crippen LogP contribution in [0.4, 0.5) is 11.4 Å². The van der Waals surface area contributed by atoms with Gasteiger partial charge in [-0.05, 0) is 36.8 Å². The number of carbonyl (C=O) groups is 2. The normalized spacial score (nSPS) is 13.9. The van der Waals surface area contributed by atoms with Crippen molar-refractivity contribution in [1.82, 2.24) is 0 Å². The van der Waals surface area contributed by atoms with Crippen molar-refractivity contribution in [3.05, 3.63) is 51.5 Å². The SMILES string of the molecule is COc1cc(NC(=O)c2cc(Br)ccc2Cl)ccc1N1CCCC1=O. The first kappa shape index (κ1) is 17.8. The van der Waals surface area contributed by atoms with Crippen molar-refractivity contribution >= 4 is 50.7 Å². The molecule has 0 atom stereocenters. The van der Waals surface area contributed by atoms with Gasteiger partial charge in [0.1, 0.15) is 5.75 Å². The number of hydrogen-bond donors (Lipinski definition) is 1. The molecule has 0 aliphatic carbocycles. The van der Waals surface area contributed by atoms with Crippen molar-refractivity contribution in [1.29, 1.82) is 0 Å². The number of nitrogens with zero attached hydrogens (tertiary/aromatic N) is 1. The van der Waals surface area contributed by atoms with Gasteiger partial charge in [0, 0.05) is 29.2 Å². The van der Waals surface area contributed by atoms with E-state index in [1.54, 1.807) is 41.3 Å². The molecule has 0 spiro atoms. The van der Waals surface area contributed by atoms with Crippen molar-refractivity contribution in [2.24, 2.45) is 0 Å². The average molecular weight is 424 g/mol. The Balaban J connectivity index is 1.85. The molecule has 1 N–H and O–H groups in total. The van der Waals surface area contributed by atoms with E-state index < -0.39 is 0 Å². The smallest absolute Gasteiger partial charge is 0.257 e. The van der Waals surface area contributed by atoms with Crippen molar-refractivity contribution in [2.75, 3.05) is 23.9 Å². The van der Waals surface area contributed by atoms with Crippen LogP contribution in [0.5, 0.6) is 5.75 Å². The Morgan fingerprint density at radius 1 is 1.28 bits per heavy atom. The third kappa shape index (κ3) is 3.80. The number of rotatable bonds is 4. The second-order valence-electron chi connectivity index (χ2n) is 5.61. The third-order valence-corrected chi connectivity index (χ3v) is 4.80. The van der Waals surface area contributed by atoms with Gasteiger partial charge in [-0.15, -0.1) is 0 Å². The van der Waals surface area contributed by atoms with E-state index in [2.05, 4.69) is 21.2 Å². The van der Waals surface area contributed by atoms with Crippen molar-refractivity contribution in [2.45, 2.75) is 12.8 Å². The Hall–Kier alpha value is -2.05. The largest absolute Gasteiger partial charge is 0.494 e. The number of anilines is 2. The lowest BCUT2D eigenvalue weighted by molar-refractivity contribution is -0.117. The number of carbonyl (C=O) groups excluding carboxylic acids is 2. The molecule has 1 saturated heterocycles. The Bertz CT molecular complexity index is 841. The second-order valence-corrected chi connectivity index (χ2v) is 6.94. The molecule has 0 radical (unpaired) electrons. The molecule has 1 heterocycles. The first-order chi connectivity index (χ1) is 12.0. The Morgan fingerprint density at radius 3 is 2.76 bits per heavy atom. The van der Waals surface area contributed by atoms with Gasteiger partial charge in [-0.3, -0.25) is 9.59 Å². The molecule has 1 fully saturated rings. The Kier molecular flexibility index (Phi) is 5.30. The minimum Gasteiger partial charge on any atom is -0.494 e. The maximum Gasteiger partial charge on any atom is 0.257 e. The number of nitrogens with one attached hydrogen (secondary N) is 1. The molecular weight excluding hydrogens is 408 g/mol. The fourth-order valence-corrected chi connectivity index (χ4v) is 3.32. The summed E-state index contributed by atoms with van der Waals surface area (Å²) in [6.07, 6.45) is 1.38. The van der Waals surface area contributed by atoms with Crippen LogP contribution in [0.25, 0.3) is 0 Å². The molecule has 130 valence electrons. The van der Waals surface area contributed by atoms with Gasteiger partial charge in [0.2, 0.25) is 5.91 Å². The summed E-state index contributed by atoms with van der Waals surface area (Å²) in [6.45, 7) is 0.675. The zero-order valence-corrected chi connectivity index (χ0v) is 15.9. The van der Waals surface area contributed by atoms with Crippen LogP contribution >= 0.6 is 27.5 Å². The molecule has 7 heteroatoms. The van der Waals surface area contributed by atoms with Crippen LogP contribution in [0.15, 0.2) is 40.9 Å². The third-order valence-electron chi connectivity index (χ3n) is 3.97. The summed E-state index contributed by atoms with van der Waals surface area (Å²) in [4.78, 5) is 26.1. The minimum absolute atomic E-state index is 0.0796. The quantitative estimate of drug-likeness (QED) is 0.788. The van der Waals surface area contributed by atoms with Crippen LogP contribution < -0.4 is 15.0 Å². The average Bonchev–Trinajstić information content (AvgIpc) is 3.02. The maximum atomic E-state index is 12.5. The van der Waals surface area contributed by atoms with E-state index in [9.17, 15) is 9.59 Å². The van der Waals surface area contributed by atoms with Gasteiger partial charge in [0.15, 0.2) is 0 Å². The lowest BCUT2D eigenvalue weighted by Crippen LogP contribution is -2.24. The molecule has 0 bridgehead atoms. The van der Waals surface area contributed by atoms with E-state index in [1.807, 2.05) is 0 Å². The van der Waals surface area contributed by atoms with Gasteiger partial charge in [0.05, 0.1) is 23.4 Å². The van der Waals surface area contributed by atoms with E-state index in [0.29, 0.717) is 40.7 Å². The molecular formula is C18H16BrClN2O3. The van der Waals surface area contributed by atoms with E-state index in [-0.39, 0.29) is 11.8 Å². The van der Waals surface area contributed by atoms with Crippen LogP contribution in [0.3, 0.4) is 0 Å². The Labute approximate surface area is 159 Å². The highest BCUT2D eigenvalue weighted by atomic mass is 79.9. The van der Waals surface area contributed by atoms with Crippen LogP contribution in [0, 0.1) is 0 Å². The minimum atomic E-state index is -0.321. The molecule has 2 aromatic carbocycles. The lowest BCUT2D eigenvalue weighted by Gasteiger charge is -2.19. The monoisotopic (exact) mass is 422 g/mol. The molecule has 0 unspecified atom stereocenters. The zero-order chi connectivity index (χ0) is 18.0. The first-order valence-corrected chi connectivity index (χ1v) is 8.91. The summed E-state index contributed by atoms with van der Waals surface area (Å²) in [6, 6.07) is 10.3. The maximum absolute atomic E-state index is 12.5. The van der Waals surface area contributed by atoms with Crippen molar-refractivity contribution < 1.29 is 14.3 Å². The molecule has 1 aliphatic heterocycles. The van der Waals surface area contributed by atoms with Crippen molar-refractivity contribution in [3.8, 4) is 5.75 Å². The topological polar surface area (TPSA) is 58.6 Å². The van der Waals surface area contributed by atoms with E-state index in [4.69, 9.17) is 16.3 Å². The first-order valence-electron chi connectivity index (χ1n) is 7.74. The fourth-order valence-electron chi connectivity index (χ4n) is 2.75. The Morgan fingerprint density at radius 2 is 2.08 bits per heavy atom. The zero-order valence-electron chi connectivity index (χ0n) is 13.5. The summed E-state index contributed by atoms with van der Waals surface area (Å²) in [5.74, 6) is 0.294. The predicted molar refractivity (Wildman–Crippen MR) is 102 cm³/mol. The lowest BCUT2D eigenvalue weighted by atomic mass is 10.2. The molecule has 0 saturated carbocycles. The second kappa shape index (κ2) is 7.45. The van der Waals surface area contributed by atoms with Crippen LogP contribution in [-0.2, 0) is 4.79 Å².